The summed E-state index contributed by atoms with van der Waals surface area (Å²) in [5.74, 6) is -0.828. The molecule has 0 spiro atoms. The summed E-state index contributed by atoms with van der Waals surface area (Å²) in [6, 6.07) is -0.448. The van der Waals surface area contributed by atoms with Crippen LogP contribution in [0.5, 0.6) is 0 Å². The van der Waals surface area contributed by atoms with Gasteiger partial charge in [-0.05, 0) is 0 Å². The lowest BCUT2D eigenvalue weighted by Crippen LogP contribution is -2.38. The zero-order valence-corrected chi connectivity index (χ0v) is 9.50. The summed E-state index contributed by atoms with van der Waals surface area (Å²) in [4.78, 5) is 25.3. The van der Waals surface area contributed by atoms with Crippen molar-refractivity contribution in [3.63, 3.8) is 0 Å². The zero-order chi connectivity index (χ0) is 13.4. The summed E-state index contributed by atoms with van der Waals surface area (Å²) in [5.41, 5.74) is 0. The molecule has 1 atom stereocenters. The van der Waals surface area contributed by atoms with Gasteiger partial charge in [-0.25, -0.2) is 9.59 Å². The molecule has 0 saturated heterocycles. The van der Waals surface area contributed by atoms with Gasteiger partial charge in [-0.2, -0.15) is 4.98 Å². The van der Waals surface area contributed by atoms with E-state index in [-0.39, 0.29) is 13.0 Å². The van der Waals surface area contributed by atoms with Crippen LogP contribution in [-0.2, 0) is 11.2 Å². The summed E-state index contributed by atoms with van der Waals surface area (Å²) < 4.78 is 4.51. The first-order chi connectivity index (χ1) is 8.59. The summed E-state index contributed by atoms with van der Waals surface area (Å²) in [6.07, 6.45) is 0.113. The van der Waals surface area contributed by atoms with Gasteiger partial charge in [-0.3, -0.25) is 0 Å². The van der Waals surface area contributed by atoms with Gasteiger partial charge in [0.15, 0.2) is 11.9 Å². The van der Waals surface area contributed by atoms with Gasteiger partial charge in [0.25, 0.3) is 0 Å². The van der Waals surface area contributed by atoms with Crippen molar-refractivity contribution in [2.45, 2.75) is 18.9 Å². The van der Waals surface area contributed by atoms with E-state index in [9.17, 15) is 9.59 Å². The van der Waals surface area contributed by atoms with Crippen LogP contribution in [0.15, 0.2) is 10.9 Å². The molecule has 0 saturated carbocycles. The third kappa shape index (κ3) is 5.25. The number of aliphatic carboxylic acids is 1. The van der Waals surface area contributed by atoms with Crippen molar-refractivity contribution in [1.29, 1.82) is 0 Å². The highest BCUT2D eigenvalue weighted by atomic mass is 16.5. The van der Waals surface area contributed by atoms with Crippen LogP contribution >= 0.6 is 0 Å². The van der Waals surface area contributed by atoms with Gasteiger partial charge in [0.2, 0.25) is 6.39 Å². The molecule has 1 rings (SSSR count). The Hall–Kier alpha value is -2.16. The van der Waals surface area contributed by atoms with Crippen molar-refractivity contribution in [1.82, 2.24) is 20.8 Å². The van der Waals surface area contributed by atoms with Crippen LogP contribution in [0.4, 0.5) is 4.79 Å². The molecule has 9 heteroatoms. The van der Waals surface area contributed by atoms with Crippen LogP contribution in [0.3, 0.4) is 0 Å². The number of urea groups is 1. The van der Waals surface area contributed by atoms with Gasteiger partial charge in [0.1, 0.15) is 0 Å². The van der Waals surface area contributed by atoms with Crippen molar-refractivity contribution in [3.05, 3.63) is 12.2 Å². The van der Waals surface area contributed by atoms with Crippen LogP contribution in [-0.4, -0.2) is 51.5 Å². The quantitative estimate of drug-likeness (QED) is 0.479. The average molecular weight is 258 g/mol. The predicted octanol–water partition coefficient (Wildman–Crippen LogP) is -1.25. The number of amides is 2. The molecule has 18 heavy (non-hydrogen) atoms. The van der Waals surface area contributed by atoms with E-state index in [1.165, 1.54) is 6.39 Å². The van der Waals surface area contributed by atoms with Crippen molar-refractivity contribution >= 4 is 12.0 Å². The lowest BCUT2D eigenvalue weighted by molar-refractivity contribution is -0.146. The lowest BCUT2D eigenvalue weighted by Gasteiger charge is -2.08. The Morgan fingerprint density at radius 1 is 1.39 bits per heavy atom. The summed E-state index contributed by atoms with van der Waals surface area (Å²) in [7, 11) is 0. The first-order valence-electron chi connectivity index (χ1n) is 5.27. The Balaban J connectivity index is 2.05. The van der Waals surface area contributed by atoms with Crippen LogP contribution < -0.4 is 10.6 Å². The molecule has 0 aliphatic heterocycles. The number of carbonyl (C=O) groups excluding carboxylic acids is 1. The zero-order valence-electron chi connectivity index (χ0n) is 9.50. The molecule has 0 aliphatic carbocycles. The molecule has 1 unspecified atom stereocenters. The van der Waals surface area contributed by atoms with Crippen LogP contribution in [0.2, 0.25) is 0 Å². The molecule has 2 amide bonds. The molecule has 0 radical (unpaired) electrons. The van der Waals surface area contributed by atoms with Crippen molar-refractivity contribution in [2.24, 2.45) is 0 Å². The second kappa shape index (κ2) is 7.22. The largest absolute Gasteiger partial charge is 0.479 e. The lowest BCUT2D eigenvalue weighted by atomic mass is 10.2. The molecule has 0 aromatic carbocycles. The van der Waals surface area contributed by atoms with Gasteiger partial charge in [-0.1, -0.05) is 5.16 Å². The van der Waals surface area contributed by atoms with E-state index in [2.05, 4.69) is 25.3 Å². The maximum absolute atomic E-state index is 11.2. The average Bonchev–Trinajstić information content (AvgIpc) is 2.81. The summed E-state index contributed by atoms with van der Waals surface area (Å²) in [6.45, 7) is 0.397. The molecule has 9 nitrogen and oxygen atoms in total. The number of hydrogen-bond donors (Lipinski definition) is 4. The highest BCUT2D eigenvalue weighted by Gasteiger charge is 2.12. The molecule has 1 aromatic rings. The minimum atomic E-state index is -1.47. The van der Waals surface area contributed by atoms with Gasteiger partial charge < -0.3 is 25.4 Å². The van der Waals surface area contributed by atoms with Crippen molar-refractivity contribution < 1.29 is 24.3 Å². The standard InChI is InChI=1S/C9H14N4O5/c14-6(8(15)16)1-3-10-9(17)11-4-2-7-12-5-18-13-7/h5-6,14H,1-4H2,(H,15,16)(H2,10,11,17). The number of aliphatic hydroxyl groups excluding tert-OH is 1. The number of nitrogens with one attached hydrogen (secondary N) is 2. The third-order valence-corrected chi connectivity index (χ3v) is 2.03. The number of carbonyl (C=O) groups is 2. The molecule has 100 valence electrons. The number of carboxylic acids is 1. The normalized spacial score (nSPS) is 11.8. The maximum atomic E-state index is 11.2. The van der Waals surface area contributed by atoms with Crippen LogP contribution in [0.25, 0.3) is 0 Å². The summed E-state index contributed by atoms with van der Waals surface area (Å²) in [5, 5.41) is 25.8. The van der Waals surface area contributed by atoms with Crippen LogP contribution in [0.1, 0.15) is 12.2 Å². The fraction of sp³-hybridized carbons (Fsp3) is 0.556. The van der Waals surface area contributed by atoms with Crippen LogP contribution in [0, 0.1) is 0 Å². The Morgan fingerprint density at radius 3 is 2.72 bits per heavy atom. The highest BCUT2D eigenvalue weighted by molar-refractivity contribution is 5.74. The Labute approximate surface area is 102 Å². The minimum absolute atomic E-state index is 0.0480. The van der Waals surface area contributed by atoms with E-state index in [1.807, 2.05) is 0 Å². The fourth-order valence-electron chi connectivity index (χ4n) is 1.10. The number of nitrogens with zero attached hydrogens (tertiary/aromatic N) is 2. The van der Waals surface area contributed by atoms with Gasteiger partial charge >= 0.3 is 12.0 Å². The molecule has 0 aliphatic rings. The second-order valence-electron chi connectivity index (χ2n) is 3.42. The van der Waals surface area contributed by atoms with Crippen molar-refractivity contribution in [3.8, 4) is 0 Å². The fourth-order valence-corrected chi connectivity index (χ4v) is 1.10. The first kappa shape index (κ1) is 13.9. The SMILES string of the molecule is O=C(NCCc1ncon1)NCCC(O)C(=O)O. The highest BCUT2D eigenvalue weighted by Crippen LogP contribution is 1.90. The maximum Gasteiger partial charge on any atom is 0.332 e. The Morgan fingerprint density at radius 2 is 2.11 bits per heavy atom. The molecule has 1 aromatic heterocycles. The molecule has 0 bridgehead atoms. The van der Waals surface area contributed by atoms with Gasteiger partial charge in [0, 0.05) is 25.9 Å². The van der Waals surface area contributed by atoms with Crippen molar-refractivity contribution in [2.75, 3.05) is 13.1 Å². The topological polar surface area (TPSA) is 138 Å². The number of rotatable bonds is 7. The first-order valence-corrected chi connectivity index (χ1v) is 5.27. The van der Waals surface area contributed by atoms with E-state index in [0.717, 1.165) is 0 Å². The van der Waals surface area contributed by atoms with Gasteiger partial charge in [-0.15, -0.1) is 0 Å². The van der Waals surface area contributed by atoms with E-state index < -0.39 is 18.1 Å². The number of aromatic nitrogens is 2. The van der Waals surface area contributed by atoms with E-state index in [4.69, 9.17) is 10.2 Å². The number of carboxylic acid groups (broad SMARTS) is 1. The van der Waals surface area contributed by atoms with E-state index in [1.54, 1.807) is 0 Å². The van der Waals surface area contributed by atoms with E-state index >= 15 is 0 Å². The molecule has 1 heterocycles. The predicted molar refractivity (Wildman–Crippen MR) is 57.7 cm³/mol. The monoisotopic (exact) mass is 258 g/mol. The summed E-state index contributed by atoms with van der Waals surface area (Å²) >= 11 is 0. The molecular weight excluding hydrogens is 244 g/mol. The van der Waals surface area contributed by atoms with Gasteiger partial charge in [0.05, 0.1) is 0 Å². The second-order valence-corrected chi connectivity index (χ2v) is 3.42. The molecule has 0 fully saturated rings. The van der Waals surface area contributed by atoms with E-state index in [0.29, 0.717) is 18.8 Å². The Kier molecular flexibility index (Phi) is 5.58. The number of hydrogen-bond acceptors (Lipinski definition) is 6. The molecule has 4 N–H and O–H groups in total. The molecular formula is C9H14N4O5. The Bertz CT molecular complexity index is 380. The smallest absolute Gasteiger partial charge is 0.332 e. The third-order valence-electron chi connectivity index (χ3n) is 2.03. The minimum Gasteiger partial charge on any atom is -0.479 e. The number of aliphatic hydroxyl groups is 1.